The molecule has 1 saturated heterocycles. The van der Waals surface area contributed by atoms with Gasteiger partial charge in [0.1, 0.15) is 16.5 Å². The van der Waals surface area contributed by atoms with Gasteiger partial charge in [0, 0.05) is 32.1 Å². The Bertz CT molecular complexity index is 722. The summed E-state index contributed by atoms with van der Waals surface area (Å²) in [6.45, 7) is 11.1. The summed E-state index contributed by atoms with van der Waals surface area (Å²) in [6.07, 6.45) is 0.929. The minimum atomic E-state index is 0.0614. The molecule has 6 nitrogen and oxygen atoms in total. The van der Waals surface area contributed by atoms with Crippen LogP contribution in [0.1, 0.15) is 53.1 Å². The second-order valence-electron chi connectivity index (χ2n) is 6.54. The maximum atomic E-state index is 12.7. The third-order valence-corrected chi connectivity index (χ3v) is 5.53. The first-order valence-corrected chi connectivity index (χ1v) is 9.22. The molecule has 24 heavy (non-hydrogen) atoms. The van der Waals surface area contributed by atoms with E-state index in [1.807, 2.05) is 24.8 Å². The number of aromatic nitrogens is 2. The molecule has 0 bridgehead atoms. The normalized spacial score (nSPS) is 15.9. The Kier molecular flexibility index (Phi) is 4.89. The summed E-state index contributed by atoms with van der Waals surface area (Å²) in [5, 5.41) is 10.6. The van der Waals surface area contributed by atoms with E-state index in [0.717, 1.165) is 42.0 Å². The lowest BCUT2D eigenvalue weighted by atomic mass is 10.2. The summed E-state index contributed by atoms with van der Waals surface area (Å²) in [5.41, 5.74) is 0.680. The molecule has 1 aliphatic rings. The number of rotatable bonds is 3. The van der Waals surface area contributed by atoms with Crippen molar-refractivity contribution in [3.05, 3.63) is 28.2 Å². The molecule has 2 aromatic rings. The SMILES string of the molecule is Cc1cc(C(=O)N2CCCN(c3nnc(C(C)C)s3)CC2)c(C)o1. The van der Waals surface area contributed by atoms with Crippen molar-refractivity contribution < 1.29 is 9.21 Å². The van der Waals surface area contributed by atoms with E-state index in [1.165, 1.54) is 0 Å². The van der Waals surface area contributed by atoms with Gasteiger partial charge in [-0.25, -0.2) is 0 Å². The fraction of sp³-hybridized carbons (Fsp3) is 0.588. The van der Waals surface area contributed by atoms with Gasteiger partial charge in [-0.3, -0.25) is 4.79 Å². The van der Waals surface area contributed by atoms with Crippen LogP contribution in [-0.4, -0.2) is 47.2 Å². The van der Waals surface area contributed by atoms with Crippen LogP contribution in [0.3, 0.4) is 0 Å². The fourth-order valence-corrected chi connectivity index (χ4v) is 3.81. The predicted octanol–water partition coefficient (Wildman–Crippen LogP) is 3.22. The molecule has 0 unspecified atom stereocenters. The first kappa shape index (κ1) is 17.0. The van der Waals surface area contributed by atoms with Crippen LogP contribution in [-0.2, 0) is 0 Å². The first-order chi connectivity index (χ1) is 11.5. The van der Waals surface area contributed by atoms with Crippen molar-refractivity contribution in [3.63, 3.8) is 0 Å². The van der Waals surface area contributed by atoms with Crippen molar-refractivity contribution in [3.8, 4) is 0 Å². The van der Waals surface area contributed by atoms with Gasteiger partial charge in [-0.2, -0.15) is 0 Å². The molecule has 0 atom stereocenters. The standard InChI is InChI=1S/C17H24N4O2S/c1-11(2)15-18-19-17(24-15)21-7-5-6-20(8-9-21)16(22)14-10-12(3)23-13(14)4/h10-11H,5-9H2,1-4H3. The highest BCUT2D eigenvalue weighted by atomic mass is 32.1. The fourth-order valence-electron chi connectivity index (χ4n) is 2.91. The number of hydrogen-bond donors (Lipinski definition) is 0. The zero-order valence-electron chi connectivity index (χ0n) is 14.7. The van der Waals surface area contributed by atoms with Gasteiger partial charge in [-0.15, -0.1) is 10.2 Å². The minimum Gasteiger partial charge on any atom is -0.466 e. The molecule has 1 fully saturated rings. The van der Waals surface area contributed by atoms with Crippen molar-refractivity contribution >= 4 is 22.4 Å². The second-order valence-corrected chi connectivity index (χ2v) is 7.52. The quantitative estimate of drug-likeness (QED) is 0.852. The summed E-state index contributed by atoms with van der Waals surface area (Å²) in [5.74, 6) is 1.94. The van der Waals surface area contributed by atoms with E-state index >= 15 is 0 Å². The van der Waals surface area contributed by atoms with Crippen molar-refractivity contribution in [1.29, 1.82) is 0 Å². The number of aryl methyl sites for hydroxylation is 2. The monoisotopic (exact) mass is 348 g/mol. The van der Waals surface area contributed by atoms with E-state index in [2.05, 4.69) is 28.9 Å². The van der Waals surface area contributed by atoms with Crippen LogP contribution in [0.25, 0.3) is 0 Å². The molecule has 0 saturated carbocycles. The van der Waals surface area contributed by atoms with Gasteiger partial charge >= 0.3 is 0 Å². The van der Waals surface area contributed by atoms with Gasteiger partial charge in [0.15, 0.2) is 0 Å². The van der Waals surface area contributed by atoms with Crippen LogP contribution >= 0.6 is 11.3 Å². The number of hydrogen-bond acceptors (Lipinski definition) is 6. The van der Waals surface area contributed by atoms with Crippen molar-refractivity contribution in [2.24, 2.45) is 0 Å². The van der Waals surface area contributed by atoms with Crippen molar-refractivity contribution in [1.82, 2.24) is 15.1 Å². The molecule has 3 rings (SSSR count). The van der Waals surface area contributed by atoms with E-state index < -0.39 is 0 Å². The number of carbonyl (C=O) groups excluding carboxylic acids is 1. The third kappa shape index (κ3) is 3.45. The number of furan rings is 1. The number of anilines is 1. The van der Waals surface area contributed by atoms with Crippen LogP contribution < -0.4 is 4.90 Å². The van der Waals surface area contributed by atoms with Crippen LogP contribution in [0, 0.1) is 13.8 Å². The number of carbonyl (C=O) groups is 1. The van der Waals surface area contributed by atoms with Crippen LogP contribution in [0.5, 0.6) is 0 Å². The van der Waals surface area contributed by atoms with Crippen LogP contribution in [0.15, 0.2) is 10.5 Å². The van der Waals surface area contributed by atoms with Gasteiger partial charge in [-0.05, 0) is 26.3 Å². The Hall–Kier alpha value is -1.89. The summed E-state index contributed by atoms with van der Waals surface area (Å²) in [6, 6.07) is 1.83. The highest BCUT2D eigenvalue weighted by Gasteiger charge is 2.24. The third-order valence-electron chi connectivity index (χ3n) is 4.25. The average molecular weight is 348 g/mol. The molecule has 2 aromatic heterocycles. The number of amides is 1. The summed E-state index contributed by atoms with van der Waals surface area (Å²) in [7, 11) is 0. The smallest absolute Gasteiger partial charge is 0.257 e. The van der Waals surface area contributed by atoms with Crippen LogP contribution in [0.2, 0.25) is 0 Å². The molecule has 1 amide bonds. The highest BCUT2D eigenvalue weighted by Crippen LogP contribution is 2.26. The summed E-state index contributed by atoms with van der Waals surface area (Å²) >= 11 is 1.65. The molecule has 0 radical (unpaired) electrons. The van der Waals surface area contributed by atoms with Crippen molar-refractivity contribution in [2.45, 2.75) is 40.0 Å². The van der Waals surface area contributed by atoms with E-state index in [1.54, 1.807) is 11.3 Å². The van der Waals surface area contributed by atoms with Gasteiger partial charge in [0.05, 0.1) is 5.56 Å². The first-order valence-electron chi connectivity index (χ1n) is 8.40. The molecule has 0 spiro atoms. The van der Waals surface area contributed by atoms with E-state index in [-0.39, 0.29) is 5.91 Å². The van der Waals surface area contributed by atoms with E-state index in [9.17, 15) is 4.79 Å². The molecule has 0 aliphatic carbocycles. The molecule has 7 heteroatoms. The van der Waals surface area contributed by atoms with Gasteiger partial charge in [-0.1, -0.05) is 25.2 Å². The summed E-state index contributed by atoms with van der Waals surface area (Å²) < 4.78 is 5.50. The Morgan fingerprint density at radius 2 is 2.00 bits per heavy atom. The zero-order chi connectivity index (χ0) is 17.3. The summed E-state index contributed by atoms with van der Waals surface area (Å²) in [4.78, 5) is 16.9. The molecular formula is C17H24N4O2S. The lowest BCUT2D eigenvalue weighted by Crippen LogP contribution is -2.35. The topological polar surface area (TPSA) is 62.5 Å². The van der Waals surface area contributed by atoms with Crippen LogP contribution in [0.4, 0.5) is 5.13 Å². The average Bonchev–Trinajstić information content (AvgIpc) is 3.06. The molecule has 3 heterocycles. The zero-order valence-corrected chi connectivity index (χ0v) is 15.5. The Labute approximate surface area is 146 Å². The highest BCUT2D eigenvalue weighted by molar-refractivity contribution is 7.15. The van der Waals surface area contributed by atoms with Gasteiger partial charge in [0.25, 0.3) is 5.91 Å². The molecule has 0 aromatic carbocycles. The lowest BCUT2D eigenvalue weighted by molar-refractivity contribution is 0.0765. The Morgan fingerprint density at radius 3 is 2.62 bits per heavy atom. The Morgan fingerprint density at radius 1 is 1.21 bits per heavy atom. The number of nitrogens with zero attached hydrogens (tertiary/aromatic N) is 4. The minimum absolute atomic E-state index is 0.0614. The second kappa shape index (κ2) is 6.93. The largest absolute Gasteiger partial charge is 0.466 e. The van der Waals surface area contributed by atoms with Crippen molar-refractivity contribution in [2.75, 3.05) is 31.1 Å². The molecule has 0 N–H and O–H groups in total. The molecular weight excluding hydrogens is 324 g/mol. The van der Waals surface area contributed by atoms with E-state index in [0.29, 0.717) is 23.8 Å². The van der Waals surface area contributed by atoms with Gasteiger partial charge < -0.3 is 14.2 Å². The maximum Gasteiger partial charge on any atom is 0.257 e. The Balaban J connectivity index is 1.68. The van der Waals surface area contributed by atoms with E-state index in [4.69, 9.17) is 4.42 Å². The lowest BCUT2D eigenvalue weighted by Gasteiger charge is -2.21. The molecule has 130 valence electrons. The van der Waals surface area contributed by atoms with Gasteiger partial charge in [0.2, 0.25) is 5.13 Å². The maximum absolute atomic E-state index is 12.7. The molecule has 1 aliphatic heterocycles. The predicted molar refractivity (Wildman–Crippen MR) is 94.9 cm³/mol.